The van der Waals surface area contributed by atoms with Gasteiger partial charge in [-0.1, -0.05) is 61.7 Å². The van der Waals surface area contributed by atoms with Crippen molar-refractivity contribution in [3.8, 4) is 5.75 Å². The Hall–Kier alpha value is -2.89. The number of para-hydroxylation sites is 1. The molecule has 0 aliphatic heterocycles. The van der Waals surface area contributed by atoms with Crippen molar-refractivity contribution < 1.29 is 18.7 Å². The second-order valence-corrected chi connectivity index (χ2v) is 8.06. The molecular weight excluding hydrogens is 395 g/mol. The number of carbonyl (C=O) groups excluding carboxylic acids is 2. The molecule has 2 amide bonds. The number of ether oxygens (including phenoxy) is 1. The molecule has 1 fully saturated rings. The van der Waals surface area contributed by atoms with Crippen LogP contribution in [0, 0.1) is 5.82 Å². The molecule has 6 heteroatoms. The van der Waals surface area contributed by atoms with E-state index in [0.717, 1.165) is 31.2 Å². The molecule has 3 rings (SSSR count). The van der Waals surface area contributed by atoms with Crippen LogP contribution in [-0.4, -0.2) is 41.9 Å². The van der Waals surface area contributed by atoms with Crippen molar-refractivity contribution in [1.82, 2.24) is 10.2 Å². The van der Waals surface area contributed by atoms with Crippen molar-refractivity contribution in [3.05, 3.63) is 66.0 Å². The number of rotatable bonds is 9. The molecule has 1 aliphatic carbocycles. The molecule has 1 N–H and O–H groups in total. The normalized spacial score (nSPS) is 15.2. The molecule has 1 saturated carbocycles. The fraction of sp³-hybridized carbons (Fsp3) is 0.440. The lowest BCUT2D eigenvalue weighted by Crippen LogP contribution is -2.52. The van der Waals surface area contributed by atoms with Crippen molar-refractivity contribution in [1.29, 1.82) is 0 Å². The maximum Gasteiger partial charge on any atom is 0.261 e. The van der Waals surface area contributed by atoms with Crippen LogP contribution in [0.5, 0.6) is 5.75 Å². The smallest absolute Gasteiger partial charge is 0.261 e. The average Bonchev–Trinajstić information content (AvgIpc) is 2.80. The summed E-state index contributed by atoms with van der Waals surface area (Å²) in [6, 6.07) is 15.3. The molecule has 0 spiro atoms. The van der Waals surface area contributed by atoms with E-state index in [-0.39, 0.29) is 30.2 Å². The van der Waals surface area contributed by atoms with Crippen LogP contribution in [0.3, 0.4) is 0 Å². The van der Waals surface area contributed by atoms with Gasteiger partial charge >= 0.3 is 0 Å². The molecule has 31 heavy (non-hydrogen) atoms. The minimum atomic E-state index is -0.637. The van der Waals surface area contributed by atoms with Crippen LogP contribution in [0.15, 0.2) is 54.6 Å². The van der Waals surface area contributed by atoms with E-state index in [0.29, 0.717) is 13.0 Å². The van der Waals surface area contributed by atoms with Crippen molar-refractivity contribution >= 4 is 11.8 Å². The molecule has 1 atom stereocenters. The molecule has 0 bridgehead atoms. The van der Waals surface area contributed by atoms with Crippen molar-refractivity contribution in [3.63, 3.8) is 0 Å². The summed E-state index contributed by atoms with van der Waals surface area (Å²) in [4.78, 5) is 27.4. The van der Waals surface area contributed by atoms with Gasteiger partial charge in [0.15, 0.2) is 18.2 Å². The molecule has 0 aromatic heterocycles. The Labute approximate surface area is 183 Å². The number of hydrogen-bond acceptors (Lipinski definition) is 3. The molecule has 0 unspecified atom stereocenters. The van der Waals surface area contributed by atoms with E-state index in [2.05, 4.69) is 5.32 Å². The van der Waals surface area contributed by atoms with E-state index in [1.807, 2.05) is 30.3 Å². The van der Waals surface area contributed by atoms with Crippen molar-refractivity contribution in [2.45, 2.75) is 57.5 Å². The van der Waals surface area contributed by atoms with E-state index in [1.54, 1.807) is 19.1 Å². The van der Waals surface area contributed by atoms with Crippen LogP contribution in [-0.2, 0) is 16.0 Å². The Morgan fingerprint density at radius 2 is 1.74 bits per heavy atom. The maximum atomic E-state index is 13.8. The first-order chi connectivity index (χ1) is 15.0. The number of nitrogens with zero attached hydrogens (tertiary/aromatic N) is 1. The topological polar surface area (TPSA) is 58.6 Å². The fourth-order valence-corrected chi connectivity index (χ4v) is 3.92. The van der Waals surface area contributed by atoms with Crippen molar-refractivity contribution in [2.24, 2.45) is 0 Å². The monoisotopic (exact) mass is 426 g/mol. The molecule has 0 heterocycles. The van der Waals surface area contributed by atoms with E-state index in [4.69, 9.17) is 4.74 Å². The minimum absolute atomic E-state index is 0.0261. The van der Waals surface area contributed by atoms with E-state index in [9.17, 15) is 14.0 Å². The van der Waals surface area contributed by atoms with Gasteiger partial charge in [-0.05, 0) is 43.9 Å². The standard InChI is InChI=1S/C25H31FN2O3/c1-19(25(30)27-21-12-6-3-7-13-21)28(17-16-20-10-4-2-5-11-20)24(29)18-31-23-15-9-8-14-22(23)26/h2,4-5,8-11,14-15,19,21H,3,6-7,12-13,16-18H2,1H3,(H,27,30)/t19-/m1/s1. The molecule has 0 radical (unpaired) electrons. The van der Waals surface area contributed by atoms with E-state index < -0.39 is 11.9 Å². The Morgan fingerprint density at radius 3 is 2.45 bits per heavy atom. The molecule has 1 aliphatic rings. The Balaban J connectivity index is 1.65. The zero-order valence-corrected chi connectivity index (χ0v) is 18.1. The second kappa shape index (κ2) is 11.5. The highest BCUT2D eigenvalue weighted by molar-refractivity contribution is 5.88. The highest BCUT2D eigenvalue weighted by Crippen LogP contribution is 2.18. The first-order valence-electron chi connectivity index (χ1n) is 11.1. The second-order valence-electron chi connectivity index (χ2n) is 8.06. The molecule has 166 valence electrons. The van der Waals surface area contributed by atoms with Crippen LogP contribution < -0.4 is 10.1 Å². The first-order valence-corrected chi connectivity index (χ1v) is 11.1. The molecule has 2 aromatic rings. The lowest BCUT2D eigenvalue weighted by Gasteiger charge is -2.31. The van der Waals surface area contributed by atoms with Crippen LogP contribution >= 0.6 is 0 Å². The Morgan fingerprint density at radius 1 is 1.06 bits per heavy atom. The molecule has 0 saturated heterocycles. The summed E-state index contributed by atoms with van der Waals surface area (Å²) in [5.74, 6) is -0.989. The third-order valence-corrected chi connectivity index (χ3v) is 5.79. The SMILES string of the molecule is C[C@H](C(=O)NC1CCCCC1)N(CCc1ccccc1)C(=O)COc1ccccc1F. The number of nitrogens with one attached hydrogen (secondary N) is 1. The van der Waals surface area contributed by atoms with Crippen molar-refractivity contribution in [2.75, 3.05) is 13.2 Å². The van der Waals surface area contributed by atoms with Gasteiger partial charge in [-0.25, -0.2) is 4.39 Å². The molecule has 5 nitrogen and oxygen atoms in total. The van der Waals surface area contributed by atoms with Crippen LogP contribution in [0.25, 0.3) is 0 Å². The van der Waals surface area contributed by atoms with Gasteiger partial charge in [-0.15, -0.1) is 0 Å². The van der Waals surface area contributed by atoms with Crippen LogP contribution in [0.2, 0.25) is 0 Å². The number of hydrogen-bond donors (Lipinski definition) is 1. The van der Waals surface area contributed by atoms with E-state index >= 15 is 0 Å². The van der Waals surface area contributed by atoms with Gasteiger partial charge in [-0.2, -0.15) is 0 Å². The zero-order valence-electron chi connectivity index (χ0n) is 18.1. The lowest BCUT2D eigenvalue weighted by molar-refractivity contribution is -0.141. The highest BCUT2D eigenvalue weighted by atomic mass is 19.1. The van der Waals surface area contributed by atoms with Crippen LogP contribution in [0.4, 0.5) is 4.39 Å². The quantitative estimate of drug-likeness (QED) is 0.656. The summed E-state index contributed by atoms with van der Waals surface area (Å²) in [7, 11) is 0. The molecular formula is C25H31FN2O3. The summed E-state index contributed by atoms with van der Waals surface area (Å²) >= 11 is 0. The fourth-order valence-electron chi connectivity index (χ4n) is 3.92. The zero-order chi connectivity index (χ0) is 22.1. The average molecular weight is 427 g/mol. The summed E-state index contributed by atoms with van der Waals surface area (Å²) in [5, 5.41) is 3.10. The van der Waals surface area contributed by atoms with Gasteiger partial charge < -0.3 is 15.0 Å². The van der Waals surface area contributed by atoms with Gasteiger partial charge in [-0.3, -0.25) is 9.59 Å². The van der Waals surface area contributed by atoms with Gasteiger partial charge in [0.05, 0.1) is 0 Å². The summed E-state index contributed by atoms with van der Waals surface area (Å²) in [6.07, 6.45) is 6.02. The van der Waals surface area contributed by atoms with E-state index in [1.165, 1.54) is 23.5 Å². The molecule has 2 aromatic carbocycles. The minimum Gasteiger partial charge on any atom is -0.481 e. The summed E-state index contributed by atoms with van der Waals surface area (Å²) in [5.41, 5.74) is 1.08. The Bertz CT molecular complexity index is 853. The number of benzene rings is 2. The van der Waals surface area contributed by atoms with Crippen LogP contribution in [0.1, 0.15) is 44.6 Å². The van der Waals surface area contributed by atoms with Gasteiger partial charge in [0.25, 0.3) is 5.91 Å². The van der Waals surface area contributed by atoms with Gasteiger partial charge in [0.1, 0.15) is 6.04 Å². The third kappa shape index (κ3) is 6.81. The maximum absolute atomic E-state index is 13.8. The number of amides is 2. The van der Waals surface area contributed by atoms with Gasteiger partial charge in [0, 0.05) is 12.6 Å². The third-order valence-electron chi connectivity index (χ3n) is 5.79. The summed E-state index contributed by atoms with van der Waals surface area (Å²) < 4.78 is 19.3. The largest absolute Gasteiger partial charge is 0.481 e. The number of carbonyl (C=O) groups is 2. The van der Waals surface area contributed by atoms with Gasteiger partial charge in [0.2, 0.25) is 5.91 Å². The number of halogens is 1. The lowest BCUT2D eigenvalue weighted by atomic mass is 9.95. The first kappa shape index (κ1) is 22.8. The summed E-state index contributed by atoms with van der Waals surface area (Å²) in [6.45, 7) is 1.80. The highest BCUT2D eigenvalue weighted by Gasteiger charge is 2.28. The Kier molecular flexibility index (Phi) is 8.44. The predicted molar refractivity (Wildman–Crippen MR) is 118 cm³/mol. The predicted octanol–water partition coefficient (Wildman–Crippen LogP) is 4.11.